The van der Waals surface area contributed by atoms with Crippen LogP contribution in [0.1, 0.15) is 0 Å². The molecule has 0 aliphatic carbocycles. The Bertz CT molecular complexity index is 1150. The lowest BCUT2D eigenvalue weighted by atomic mass is 10.3. The van der Waals surface area contributed by atoms with Crippen LogP contribution >= 0.6 is 11.8 Å². The Kier molecular flexibility index (Phi) is 4.93. The third kappa shape index (κ3) is 3.36. The number of alkyl halides is 2. The quantitative estimate of drug-likeness (QED) is 0.572. The number of halogens is 3. The van der Waals surface area contributed by atoms with Gasteiger partial charge in [-0.3, -0.25) is 9.78 Å². The zero-order valence-electron chi connectivity index (χ0n) is 14.5. The SMILES string of the molecule is CN(C)C(=O)C(F)(F)n1ccc(S(=O)(=O)N(Cl)c2cnc3ccccc3n2)n1. The topological polar surface area (TPSA) is 101 Å². The van der Waals surface area contributed by atoms with Gasteiger partial charge in [-0.1, -0.05) is 12.1 Å². The Hall–Kier alpha value is -2.86. The molecule has 3 aromatic rings. The molecule has 148 valence electrons. The summed E-state index contributed by atoms with van der Waals surface area (Å²) in [6.45, 7) is 0. The maximum atomic E-state index is 14.1. The van der Waals surface area contributed by atoms with E-state index in [2.05, 4.69) is 15.1 Å². The highest BCUT2D eigenvalue weighted by Gasteiger charge is 2.44. The van der Waals surface area contributed by atoms with E-state index in [1.807, 2.05) is 0 Å². The molecule has 1 amide bonds. The molecule has 3 rings (SSSR count). The van der Waals surface area contributed by atoms with E-state index >= 15 is 0 Å². The van der Waals surface area contributed by atoms with Gasteiger partial charge in [-0.2, -0.15) is 30.8 Å². The predicted octanol–water partition coefficient (Wildman–Crippen LogP) is 1.81. The average Bonchev–Trinajstić information content (AvgIpc) is 3.18. The second-order valence-electron chi connectivity index (χ2n) is 5.78. The number of fused-ring (bicyclic) bond motifs is 1. The fraction of sp³-hybridized carbons (Fsp3) is 0.200. The summed E-state index contributed by atoms with van der Waals surface area (Å²) in [5, 5.41) is 2.53. The summed E-state index contributed by atoms with van der Waals surface area (Å²) in [7, 11) is -2.27. The number of para-hydroxylation sites is 2. The first-order chi connectivity index (χ1) is 13.0. The van der Waals surface area contributed by atoms with Crippen LogP contribution in [-0.4, -0.2) is 53.1 Å². The lowest BCUT2D eigenvalue weighted by Crippen LogP contribution is -2.42. The molecule has 0 radical (unpaired) electrons. The van der Waals surface area contributed by atoms with Crippen LogP contribution in [0.3, 0.4) is 0 Å². The van der Waals surface area contributed by atoms with Crippen molar-refractivity contribution in [3.63, 3.8) is 0 Å². The monoisotopic (exact) mass is 430 g/mol. The van der Waals surface area contributed by atoms with Gasteiger partial charge in [-0.05, 0) is 18.2 Å². The number of hydrogen-bond acceptors (Lipinski definition) is 6. The van der Waals surface area contributed by atoms with Gasteiger partial charge in [0.05, 0.1) is 17.2 Å². The predicted molar refractivity (Wildman–Crippen MR) is 96.2 cm³/mol. The summed E-state index contributed by atoms with van der Waals surface area (Å²) in [4.78, 5) is 20.4. The van der Waals surface area contributed by atoms with E-state index in [0.29, 0.717) is 22.1 Å². The van der Waals surface area contributed by atoms with Crippen LogP contribution in [0, 0.1) is 0 Å². The van der Waals surface area contributed by atoms with Crippen LogP contribution in [-0.2, 0) is 20.9 Å². The Morgan fingerprint density at radius 2 is 1.82 bits per heavy atom. The normalized spacial score (nSPS) is 12.2. The Labute approximate surface area is 163 Å². The van der Waals surface area contributed by atoms with Crippen LogP contribution in [0.25, 0.3) is 11.0 Å². The summed E-state index contributed by atoms with van der Waals surface area (Å²) >= 11 is 5.90. The van der Waals surface area contributed by atoms with Crippen molar-refractivity contribution < 1.29 is 22.0 Å². The number of sulfonamides is 1. The molecule has 13 heteroatoms. The second-order valence-corrected chi connectivity index (χ2v) is 8.05. The lowest BCUT2D eigenvalue weighted by molar-refractivity contribution is -0.173. The molecular weight excluding hydrogens is 418 g/mol. The summed E-state index contributed by atoms with van der Waals surface area (Å²) in [5.41, 5.74) is 0.898. The molecule has 0 spiro atoms. The van der Waals surface area contributed by atoms with E-state index in [9.17, 15) is 22.0 Å². The molecule has 0 fully saturated rings. The van der Waals surface area contributed by atoms with Crippen LogP contribution < -0.4 is 3.82 Å². The van der Waals surface area contributed by atoms with E-state index in [-0.39, 0.29) is 14.3 Å². The van der Waals surface area contributed by atoms with Crippen molar-refractivity contribution in [1.29, 1.82) is 0 Å². The standard InChI is InChI=1S/C15H13ClF2N6O3S/c1-22(2)14(25)15(17,18)23-8-7-13(21-23)28(26,27)24(16)12-9-19-10-5-3-4-6-11(10)20-12/h3-9H,1-2H3. The zero-order chi connectivity index (χ0) is 20.7. The summed E-state index contributed by atoms with van der Waals surface area (Å²) in [6.07, 6.45) is 1.79. The van der Waals surface area contributed by atoms with Gasteiger partial charge >= 0.3 is 12.0 Å². The van der Waals surface area contributed by atoms with Crippen molar-refractivity contribution in [1.82, 2.24) is 24.6 Å². The molecule has 0 aliphatic rings. The van der Waals surface area contributed by atoms with Gasteiger partial charge in [-0.25, -0.2) is 4.98 Å². The fourth-order valence-electron chi connectivity index (χ4n) is 2.21. The van der Waals surface area contributed by atoms with Gasteiger partial charge < -0.3 is 4.90 Å². The Morgan fingerprint density at radius 1 is 1.18 bits per heavy atom. The van der Waals surface area contributed by atoms with E-state index in [1.165, 1.54) is 0 Å². The fourth-order valence-corrected chi connectivity index (χ4v) is 3.42. The highest BCUT2D eigenvalue weighted by atomic mass is 35.5. The summed E-state index contributed by atoms with van der Waals surface area (Å²) in [5.74, 6) is -1.81. The van der Waals surface area contributed by atoms with Crippen molar-refractivity contribution >= 4 is 44.6 Å². The Morgan fingerprint density at radius 3 is 2.46 bits per heavy atom. The number of carbonyl (C=O) groups excluding carboxylic acids is 1. The van der Waals surface area contributed by atoms with E-state index in [4.69, 9.17) is 11.8 Å². The first-order valence-electron chi connectivity index (χ1n) is 7.64. The van der Waals surface area contributed by atoms with Gasteiger partial charge in [0.1, 0.15) is 0 Å². The molecule has 2 heterocycles. The number of aromatic nitrogens is 4. The lowest BCUT2D eigenvalue weighted by Gasteiger charge is -2.19. The van der Waals surface area contributed by atoms with Gasteiger partial charge in [-0.15, -0.1) is 0 Å². The first kappa shape index (κ1) is 19.9. The van der Waals surface area contributed by atoms with Crippen molar-refractivity contribution in [2.45, 2.75) is 11.1 Å². The maximum absolute atomic E-state index is 14.1. The van der Waals surface area contributed by atoms with Gasteiger partial charge in [0, 0.05) is 32.1 Å². The molecule has 28 heavy (non-hydrogen) atoms. The third-order valence-electron chi connectivity index (χ3n) is 3.61. The molecule has 0 saturated carbocycles. The largest absolute Gasteiger partial charge is 0.422 e. The Balaban J connectivity index is 1.96. The first-order valence-corrected chi connectivity index (χ1v) is 9.41. The average molecular weight is 431 g/mol. The number of likely N-dealkylation sites (N-methyl/N-ethyl adjacent to an activating group) is 1. The summed E-state index contributed by atoms with van der Waals surface area (Å²) < 4.78 is 53.7. The highest BCUT2D eigenvalue weighted by Crippen LogP contribution is 2.27. The van der Waals surface area contributed by atoms with Crippen molar-refractivity contribution in [3.8, 4) is 0 Å². The second kappa shape index (κ2) is 6.95. The number of benzene rings is 1. The van der Waals surface area contributed by atoms with Crippen molar-refractivity contribution in [3.05, 3.63) is 42.7 Å². The summed E-state index contributed by atoms with van der Waals surface area (Å²) in [6, 6.07) is 3.41. The number of rotatable bonds is 5. The van der Waals surface area contributed by atoms with E-state index in [1.54, 1.807) is 24.3 Å². The minimum Gasteiger partial charge on any atom is -0.342 e. The number of hydrogen-bond donors (Lipinski definition) is 0. The van der Waals surface area contributed by atoms with Crippen molar-refractivity contribution in [2.75, 3.05) is 17.9 Å². The smallest absolute Gasteiger partial charge is 0.342 e. The molecule has 0 atom stereocenters. The number of nitrogens with zero attached hydrogens (tertiary/aromatic N) is 6. The van der Waals surface area contributed by atoms with Crippen molar-refractivity contribution in [2.24, 2.45) is 0 Å². The van der Waals surface area contributed by atoms with Gasteiger partial charge in [0.15, 0.2) is 10.8 Å². The number of anilines is 1. The van der Waals surface area contributed by atoms with Crippen LogP contribution in [0.4, 0.5) is 14.6 Å². The molecule has 0 unspecified atom stereocenters. The zero-order valence-corrected chi connectivity index (χ0v) is 16.1. The molecule has 1 aromatic carbocycles. The molecular formula is C15H13ClF2N6O3S. The number of amides is 1. The molecule has 0 bridgehead atoms. The van der Waals surface area contributed by atoms with Crippen LogP contribution in [0.2, 0.25) is 0 Å². The third-order valence-corrected chi connectivity index (χ3v) is 5.68. The van der Waals surface area contributed by atoms with E-state index < -0.39 is 27.0 Å². The highest BCUT2D eigenvalue weighted by molar-refractivity contribution is 7.94. The number of carbonyl (C=O) groups is 1. The minimum absolute atomic E-state index is 0.0426. The molecule has 2 aromatic heterocycles. The molecule has 0 aliphatic heterocycles. The van der Waals surface area contributed by atoms with E-state index in [0.717, 1.165) is 26.4 Å². The maximum Gasteiger partial charge on any atom is 0.422 e. The molecule has 9 nitrogen and oxygen atoms in total. The van der Waals surface area contributed by atoms with Crippen LogP contribution in [0.5, 0.6) is 0 Å². The van der Waals surface area contributed by atoms with Gasteiger partial charge in [0.2, 0.25) is 0 Å². The van der Waals surface area contributed by atoms with Gasteiger partial charge in [0.25, 0.3) is 10.0 Å². The minimum atomic E-state index is -4.54. The van der Waals surface area contributed by atoms with Crippen LogP contribution in [0.15, 0.2) is 47.8 Å². The molecule has 0 saturated heterocycles. The molecule has 0 N–H and O–H groups in total.